The summed E-state index contributed by atoms with van der Waals surface area (Å²) in [6, 6.07) is 0. The second kappa shape index (κ2) is 7.44. The first-order valence-electron chi connectivity index (χ1n) is 8.04. The predicted molar refractivity (Wildman–Crippen MR) is 84.0 cm³/mol. The molecule has 0 atom stereocenters. The second-order valence-electron chi connectivity index (χ2n) is 6.63. The zero-order valence-electron chi connectivity index (χ0n) is 12.7. The van der Waals surface area contributed by atoms with Gasteiger partial charge >= 0.3 is 0 Å². The van der Waals surface area contributed by atoms with Gasteiger partial charge in [0.2, 0.25) is 5.91 Å². The number of amides is 1. The minimum Gasteiger partial charge on any atom is -0.273 e. The maximum absolute atomic E-state index is 12.1. The Bertz CT molecular complexity index is 353. The zero-order valence-corrected chi connectivity index (χ0v) is 13.5. The second-order valence-corrected chi connectivity index (χ2v) is 7.25. The topological polar surface area (TPSA) is 41.5 Å². The first-order valence-corrected chi connectivity index (χ1v) is 8.48. The number of alkyl halides is 1. The Balaban J connectivity index is 1.78. The van der Waals surface area contributed by atoms with Crippen molar-refractivity contribution in [1.29, 1.82) is 0 Å². The lowest BCUT2D eigenvalue weighted by Gasteiger charge is -2.26. The highest BCUT2D eigenvalue weighted by atomic mass is 35.5. The molecule has 4 heteroatoms. The van der Waals surface area contributed by atoms with E-state index in [-0.39, 0.29) is 17.2 Å². The molecule has 20 heavy (non-hydrogen) atoms. The summed E-state index contributed by atoms with van der Waals surface area (Å²) in [4.78, 5) is 12.1. The molecule has 2 aliphatic rings. The van der Waals surface area contributed by atoms with Crippen molar-refractivity contribution in [3.8, 4) is 0 Å². The molecule has 3 nitrogen and oxygen atoms in total. The molecule has 114 valence electrons. The highest BCUT2D eigenvalue weighted by molar-refractivity contribution is 6.20. The van der Waals surface area contributed by atoms with Gasteiger partial charge in [0.15, 0.2) is 0 Å². The summed E-state index contributed by atoms with van der Waals surface area (Å²) >= 11 is 6.07. The fraction of sp³-hybridized carbons (Fsp3) is 0.875. The minimum absolute atomic E-state index is 0.0806. The van der Waals surface area contributed by atoms with Crippen LogP contribution in [0.5, 0.6) is 0 Å². The molecule has 2 fully saturated rings. The van der Waals surface area contributed by atoms with Gasteiger partial charge in [-0.2, -0.15) is 5.10 Å². The summed E-state index contributed by atoms with van der Waals surface area (Å²) in [7, 11) is 0. The van der Waals surface area contributed by atoms with Gasteiger partial charge in [-0.15, -0.1) is 11.6 Å². The number of rotatable bonds is 3. The van der Waals surface area contributed by atoms with Crippen LogP contribution in [-0.4, -0.2) is 17.0 Å². The van der Waals surface area contributed by atoms with Gasteiger partial charge in [-0.25, -0.2) is 5.43 Å². The van der Waals surface area contributed by atoms with E-state index < -0.39 is 0 Å². The van der Waals surface area contributed by atoms with Crippen molar-refractivity contribution < 1.29 is 4.79 Å². The van der Waals surface area contributed by atoms with Crippen molar-refractivity contribution in [2.45, 2.75) is 70.6 Å². The average Bonchev–Trinajstić information content (AvgIpc) is 2.46. The van der Waals surface area contributed by atoms with Gasteiger partial charge in [0.05, 0.1) is 0 Å². The van der Waals surface area contributed by atoms with E-state index in [1.807, 2.05) is 0 Å². The fourth-order valence-corrected chi connectivity index (χ4v) is 3.57. The molecule has 0 saturated heterocycles. The van der Waals surface area contributed by atoms with E-state index in [1.54, 1.807) is 0 Å². The minimum atomic E-state index is 0.0806. The summed E-state index contributed by atoms with van der Waals surface area (Å²) in [5.74, 6) is 1.59. The number of nitrogens with zero attached hydrogens (tertiary/aromatic N) is 1. The van der Waals surface area contributed by atoms with Crippen LogP contribution in [0.15, 0.2) is 5.10 Å². The monoisotopic (exact) mass is 298 g/mol. The summed E-state index contributed by atoms with van der Waals surface area (Å²) in [5, 5.41) is 4.61. The number of carbonyl (C=O) groups excluding carboxylic acids is 1. The molecular weight excluding hydrogens is 272 g/mol. The molecule has 0 unspecified atom stereocenters. The molecule has 0 aromatic carbocycles. The van der Waals surface area contributed by atoms with Crippen LogP contribution in [0.2, 0.25) is 0 Å². The Labute approximate surface area is 127 Å². The van der Waals surface area contributed by atoms with Crippen molar-refractivity contribution in [3.05, 3.63) is 0 Å². The van der Waals surface area contributed by atoms with Crippen molar-refractivity contribution in [3.63, 3.8) is 0 Å². The lowest BCUT2D eigenvalue weighted by atomic mass is 9.81. The number of hydrazone groups is 1. The van der Waals surface area contributed by atoms with Crippen LogP contribution in [0.1, 0.15) is 65.2 Å². The summed E-state index contributed by atoms with van der Waals surface area (Å²) in [5.41, 5.74) is 3.88. The van der Waals surface area contributed by atoms with Gasteiger partial charge in [-0.3, -0.25) is 4.79 Å². The fourth-order valence-electron chi connectivity index (χ4n) is 3.32. The van der Waals surface area contributed by atoms with Gasteiger partial charge in [0.25, 0.3) is 0 Å². The van der Waals surface area contributed by atoms with Crippen LogP contribution in [0.25, 0.3) is 0 Å². The van der Waals surface area contributed by atoms with Crippen molar-refractivity contribution >= 4 is 23.2 Å². The number of hydrogen-bond donors (Lipinski definition) is 1. The van der Waals surface area contributed by atoms with Gasteiger partial charge in [-0.05, 0) is 57.3 Å². The molecule has 0 heterocycles. The molecular formula is C16H27ClN2O. The third-order valence-corrected chi connectivity index (χ3v) is 5.41. The van der Waals surface area contributed by atoms with Crippen molar-refractivity contribution in [2.24, 2.45) is 22.9 Å². The number of nitrogens with one attached hydrogen (secondary N) is 1. The number of halogens is 1. The molecule has 2 saturated carbocycles. The summed E-state index contributed by atoms with van der Waals surface area (Å²) in [6.07, 6.45) is 8.68. The first kappa shape index (κ1) is 15.8. The summed E-state index contributed by atoms with van der Waals surface area (Å²) in [6.45, 7) is 4.37. The smallest absolute Gasteiger partial charge is 0.243 e. The number of carbonyl (C=O) groups is 1. The molecule has 0 aromatic rings. The van der Waals surface area contributed by atoms with E-state index in [0.717, 1.165) is 37.3 Å². The van der Waals surface area contributed by atoms with Crippen LogP contribution in [0.4, 0.5) is 0 Å². The molecule has 2 rings (SSSR count). The summed E-state index contributed by atoms with van der Waals surface area (Å²) < 4.78 is 0. The molecule has 0 aromatic heterocycles. The van der Waals surface area contributed by atoms with Gasteiger partial charge in [0.1, 0.15) is 0 Å². The van der Waals surface area contributed by atoms with Crippen LogP contribution in [0, 0.1) is 17.8 Å². The third-order valence-electron chi connectivity index (χ3n) is 4.98. The Morgan fingerprint density at radius 2 is 1.55 bits per heavy atom. The quantitative estimate of drug-likeness (QED) is 0.476. The molecule has 0 spiro atoms. The first-order chi connectivity index (χ1) is 9.56. The Morgan fingerprint density at radius 1 is 1.00 bits per heavy atom. The molecule has 0 aliphatic heterocycles. The maximum atomic E-state index is 12.1. The molecule has 1 amide bonds. The molecule has 2 aliphatic carbocycles. The van der Waals surface area contributed by atoms with Crippen molar-refractivity contribution in [2.75, 3.05) is 0 Å². The molecule has 0 bridgehead atoms. The van der Waals surface area contributed by atoms with E-state index >= 15 is 0 Å². The van der Waals surface area contributed by atoms with Crippen LogP contribution in [0.3, 0.4) is 0 Å². The third kappa shape index (κ3) is 4.47. The highest BCUT2D eigenvalue weighted by Crippen LogP contribution is 2.29. The van der Waals surface area contributed by atoms with E-state index in [2.05, 4.69) is 24.4 Å². The van der Waals surface area contributed by atoms with Crippen molar-refractivity contribution in [1.82, 2.24) is 5.43 Å². The predicted octanol–water partition coefficient (Wildman–Crippen LogP) is 4.10. The lowest BCUT2D eigenvalue weighted by Crippen LogP contribution is -2.32. The normalized spacial score (nSPS) is 35.6. The SMILES string of the molecule is C/C(=N\NC(=O)C1CCC(Cl)CC1)C1CCC(C)CC1. The number of hydrogen-bond acceptors (Lipinski definition) is 2. The zero-order chi connectivity index (χ0) is 14.5. The Kier molecular flexibility index (Phi) is 5.88. The van der Waals surface area contributed by atoms with E-state index in [1.165, 1.54) is 25.7 Å². The van der Waals surface area contributed by atoms with E-state index in [0.29, 0.717) is 5.92 Å². The van der Waals surface area contributed by atoms with Gasteiger partial charge in [-0.1, -0.05) is 19.8 Å². The van der Waals surface area contributed by atoms with Crippen LogP contribution < -0.4 is 5.43 Å². The Morgan fingerprint density at radius 3 is 2.15 bits per heavy atom. The van der Waals surface area contributed by atoms with Gasteiger partial charge in [0, 0.05) is 17.0 Å². The Hall–Kier alpha value is -0.570. The molecule has 1 N–H and O–H groups in total. The van der Waals surface area contributed by atoms with Crippen LogP contribution in [-0.2, 0) is 4.79 Å². The van der Waals surface area contributed by atoms with E-state index in [4.69, 9.17) is 11.6 Å². The average molecular weight is 299 g/mol. The molecule has 0 radical (unpaired) electrons. The maximum Gasteiger partial charge on any atom is 0.243 e. The van der Waals surface area contributed by atoms with E-state index in [9.17, 15) is 4.79 Å². The largest absolute Gasteiger partial charge is 0.273 e. The van der Waals surface area contributed by atoms with Crippen LogP contribution >= 0.6 is 11.6 Å². The highest BCUT2D eigenvalue weighted by Gasteiger charge is 2.25. The van der Waals surface area contributed by atoms with Gasteiger partial charge < -0.3 is 0 Å². The lowest BCUT2D eigenvalue weighted by molar-refractivity contribution is -0.125. The standard InChI is InChI=1S/C16H27ClN2O/c1-11-3-5-13(6-4-11)12(2)18-19-16(20)14-7-9-15(17)10-8-14/h11,13-15H,3-10H2,1-2H3,(H,19,20)/b18-12+.